The number of rotatable bonds is 6. The molecule has 0 radical (unpaired) electrons. The van der Waals surface area contributed by atoms with Crippen LogP contribution in [0.15, 0.2) is 42.5 Å². The number of hydrogen-bond acceptors (Lipinski definition) is 6. The van der Waals surface area contributed by atoms with Crippen molar-refractivity contribution in [3.05, 3.63) is 48.0 Å². The minimum absolute atomic E-state index is 0.116. The van der Waals surface area contributed by atoms with Crippen LogP contribution in [0.1, 0.15) is 24.8 Å². The fourth-order valence-electron chi connectivity index (χ4n) is 3.06. The number of hydrogen-bond donors (Lipinski definition) is 0. The fraction of sp³-hybridized carbons (Fsp3) is 0.421. The van der Waals surface area contributed by atoms with E-state index in [2.05, 4.69) is 4.74 Å². The quantitative estimate of drug-likeness (QED) is 0.440. The lowest BCUT2D eigenvalue weighted by Gasteiger charge is -2.34. The lowest BCUT2D eigenvalue weighted by Crippen LogP contribution is -2.53. The molecule has 2 rings (SSSR count). The highest BCUT2D eigenvalue weighted by atomic mass is 16.6. The Morgan fingerprint density at radius 2 is 1.88 bits per heavy atom. The second-order valence-electron chi connectivity index (χ2n) is 5.95. The van der Waals surface area contributed by atoms with Crippen LogP contribution in [0.2, 0.25) is 0 Å². The molecule has 1 fully saturated rings. The summed E-state index contributed by atoms with van der Waals surface area (Å²) in [6.45, 7) is 0.500. The minimum atomic E-state index is -1.17. The molecule has 1 aliphatic rings. The molecule has 1 heterocycles. The van der Waals surface area contributed by atoms with Crippen LogP contribution in [-0.4, -0.2) is 49.2 Å². The molecule has 1 aromatic carbocycles. The first-order valence-corrected chi connectivity index (χ1v) is 8.34. The molecule has 1 aromatic rings. The number of ether oxygens (including phenoxy) is 3. The van der Waals surface area contributed by atoms with Crippen LogP contribution < -0.4 is 0 Å². The molecule has 0 aromatic heterocycles. The van der Waals surface area contributed by atoms with Crippen molar-refractivity contribution in [3.63, 3.8) is 0 Å². The number of methoxy groups -OCH3 is 2. The fourth-order valence-corrected chi connectivity index (χ4v) is 3.06. The maximum Gasteiger partial charge on any atom is 0.411 e. The smallest absolute Gasteiger partial charge is 0.411 e. The second kappa shape index (κ2) is 9.03. The molecule has 1 atom stereocenters. The molecule has 0 saturated carbocycles. The van der Waals surface area contributed by atoms with E-state index in [9.17, 15) is 14.4 Å². The zero-order chi connectivity index (χ0) is 19.0. The largest absolute Gasteiger partial charge is 0.467 e. The van der Waals surface area contributed by atoms with Gasteiger partial charge in [0.1, 0.15) is 12.1 Å². The van der Waals surface area contributed by atoms with Crippen LogP contribution in [0.5, 0.6) is 0 Å². The van der Waals surface area contributed by atoms with Gasteiger partial charge in [-0.15, -0.1) is 0 Å². The summed E-state index contributed by atoms with van der Waals surface area (Å²) in [5.41, 5.74) is -0.318. The summed E-state index contributed by atoms with van der Waals surface area (Å²) in [7, 11) is 2.55. The summed E-state index contributed by atoms with van der Waals surface area (Å²) < 4.78 is 14.8. The van der Waals surface area contributed by atoms with Gasteiger partial charge in [0.05, 0.1) is 14.2 Å². The first-order valence-electron chi connectivity index (χ1n) is 8.34. The summed E-state index contributed by atoms with van der Waals surface area (Å²) in [5, 5.41) is 0. The Morgan fingerprint density at radius 3 is 2.54 bits per heavy atom. The number of likely N-dealkylation sites (tertiary alicyclic amines) is 1. The molecule has 0 unspecified atom stereocenters. The van der Waals surface area contributed by atoms with Gasteiger partial charge in [-0.3, -0.25) is 4.90 Å². The highest BCUT2D eigenvalue weighted by Crippen LogP contribution is 2.35. The van der Waals surface area contributed by atoms with Crippen molar-refractivity contribution in [1.82, 2.24) is 4.90 Å². The first kappa shape index (κ1) is 19.5. The van der Waals surface area contributed by atoms with Crippen LogP contribution >= 0.6 is 0 Å². The molecule has 1 amide bonds. The molecule has 0 spiro atoms. The molecule has 0 aliphatic carbocycles. The van der Waals surface area contributed by atoms with E-state index in [-0.39, 0.29) is 13.0 Å². The Bertz CT molecular complexity index is 672. The van der Waals surface area contributed by atoms with Gasteiger partial charge >= 0.3 is 18.0 Å². The van der Waals surface area contributed by atoms with Gasteiger partial charge < -0.3 is 14.2 Å². The molecule has 7 heteroatoms. The third-order valence-electron chi connectivity index (χ3n) is 4.39. The first-order chi connectivity index (χ1) is 12.5. The molecular weight excluding hydrogens is 338 g/mol. The number of benzene rings is 1. The van der Waals surface area contributed by atoms with Crippen molar-refractivity contribution in [2.45, 2.75) is 31.4 Å². The highest BCUT2D eigenvalue weighted by molar-refractivity contribution is 5.87. The lowest BCUT2D eigenvalue weighted by molar-refractivity contribution is -0.152. The van der Waals surface area contributed by atoms with Gasteiger partial charge in [-0.1, -0.05) is 36.4 Å². The van der Waals surface area contributed by atoms with Crippen LogP contribution in [0, 0.1) is 0 Å². The molecular formula is C19H23NO6. The standard InChI is InChI=1S/C19H23NO6/c1-24-16(21)10-6-11-19(17(22)25-2)12-7-13-20(19)18(23)26-14-15-8-4-3-5-9-15/h3-6,8-10H,7,11-14H2,1-2H3/b10-6+/t19-/m0/s1. The minimum Gasteiger partial charge on any atom is -0.467 e. The molecule has 1 saturated heterocycles. The van der Waals surface area contributed by atoms with Crippen molar-refractivity contribution in [1.29, 1.82) is 0 Å². The normalized spacial score (nSPS) is 19.4. The van der Waals surface area contributed by atoms with Crippen molar-refractivity contribution < 1.29 is 28.6 Å². The Hall–Kier alpha value is -2.83. The molecule has 0 bridgehead atoms. The second-order valence-corrected chi connectivity index (χ2v) is 5.95. The number of nitrogens with zero attached hydrogens (tertiary/aromatic N) is 1. The predicted octanol–water partition coefficient (Wildman–Crippen LogP) is 2.45. The van der Waals surface area contributed by atoms with E-state index in [4.69, 9.17) is 9.47 Å². The van der Waals surface area contributed by atoms with Gasteiger partial charge in [-0.05, 0) is 18.4 Å². The average Bonchev–Trinajstić information content (AvgIpc) is 3.11. The van der Waals surface area contributed by atoms with Crippen molar-refractivity contribution >= 4 is 18.0 Å². The van der Waals surface area contributed by atoms with Crippen molar-refractivity contribution in [2.75, 3.05) is 20.8 Å². The maximum atomic E-state index is 12.6. The number of esters is 2. The average molecular weight is 361 g/mol. The van der Waals surface area contributed by atoms with Gasteiger partial charge in [0.25, 0.3) is 0 Å². The zero-order valence-electron chi connectivity index (χ0n) is 15.0. The zero-order valence-corrected chi connectivity index (χ0v) is 15.0. The number of carbonyl (C=O) groups excluding carboxylic acids is 3. The number of carbonyl (C=O) groups is 3. The lowest BCUT2D eigenvalue weighted by atomic mass is 9.92. The Balaban J connectivity index is 2.12. The van der Waals surface area contributed by atoms with Gasteiger partial charge in [0.15, 0.2) is 0 Å². The Kier molecular flexibility index (Phi) is 6.77. The topological polar surface area (TPSA) is 82.1 Å². The third-order valence-corrected chi connectivity index (χ3v) is 4.39. The van der Waals surface area contributed by atoms with Gasteiger partial charge in [0.2, 0.25) is 0 Å². The number of amides is 1. The van der Waals surface area contributed by atoms with Crippen LogP contribution in [0.4, 0.5) is 4.79 Å². The summed E-state index contributed by atoms with van der Waals surface area (Å²) >= 11 is 0. The van der Waals surface area contributed by atoms with E-state index < -0.39 is 23.6 Å². The van der Waals surface area contributed by atoms with E-state index in [0.717, 1.165) is 5.56 Å². The van der Waals surface area contributed by atoms with Crippen LogP contribution in [0.25, 0.3) is 0 Å². The van der Waals surface area contributed by atoms with E-state index >= 15 is 0 Å². The van der Waals surface area contributed by atoms with E-state index in [1.807, 2.05) is 30.3 Å². The predicted molar refractivity (Wildman–Crippen MR) is 93.1 cm³/mol. The summed E-state index contributed by atoms with van der Waals surface area (Å²) in [6, 6.07) is 9.29. The van der Waals surface area contributed by atoms with Gasteiger partial charge in [0, 0.05) is 19.0 Å². The van der Waals surface area contributed by atoms with Crippen LogP contribution in [-0.2, 0) is 30.4 Å². The third kappa shape index (κ3) is 4.41. The molecule has 140 valence electrons. The Labute approximate surface area is 152 Å². The van der Waals surface area contributed by atoms with Gasteiger partial charge in [-0.2, -0.15) is 0 Å². The summed E-state index contributed by atoms with van der Waals surface area (Å²) in [4.78, 5) is 37.7. The van der Waals surface area contributed by atoms with Gasteiger partial charge in [-0.25, -0.2) is 14.4 Å². The van der Waals surface area contributed by atoms with Crippen LogP contribution in [0.3, 0.4) is 0 Å². The maximum absolute atomic E-state index is 12.6. The monoisotopic (exact) mass is 361 g/mol. The van der Waals surface area contributed by atoms with Crippen molar-refractivity contribution in [3.8, 4) is 0 Å². The van der Waals surface area contributed by atoms with E-state index in [0.29, 0.717) is 19.4 Å². The van der Waals surface area contributed by atoms with E-state index in [1.165, 1.54) is 31.3 Å². The van der Waals surface area contributed by atoms with Crippen molar-refractivity contribution in [2.24, 2.45) is 0 Å². The molecule has 0 N–H and O–H groups in total. The Morgan fingerprint density at radius 1 is 1.15 bits per heavy atom. The molecule has 7 nitrogen and oxygen atoms in total. The molecule has 26 heavy (non-hydrogen) atoms. The summed E-state index contributed by atoms with van der Waals surface area (Å²) in [6.07, 6.45) is 3.40. The molecule has 1 aliphatic heterocycles. The summed E-state index contributed by atoms with van der Waals surface area (Å²) in [5.74, 6) is -1.05. The SMILES string of the molecule is COC(=O)/C=C/C[C@@]1(C(=O)OC)CCCN1C(=O)OCc1ccccc1. The highest BCUT2D eigenvalue weighted by Gasteiger charge is 2.50. The van der Waals surface area contributed by atoms with E-state index in [1.54, 1.807) is 0 Å².